The molecule has 5 heteroatoms. The molecule has 1 atom stereocenters. The molecule has 0 amide bonds. The van der Waals surface area contributed by atoms with Gasteiger partial charge in [0.25, 0.3) is 0 Å². The number of likely N-dealkylation sites (N-methyl/N-ethyl adjacent to an activating group) is 1. The summed E-state index contributed by atoms with van der Waals surface area (Å²) < 4.78 is 0. The molecule has 118 valence electrons. The highest BCUT2D eigenvalue weighted by molar-refractivity contribution is 7.19. The van der Waals surface area contributed by atoms with E-state index >= 15 is 0 Å². The van der Waals surface area contributed by atoms with E-state index < -0.39 is 0 Å². The molecule has 2 aromatic rings. The molecule has 0 N–H and O–H groups in total. The van der Waals surface area contributed by atoms with Gasteiger partial charge in [-0.1, -0.05) is 6.92 Å². The Kier molecular flexibility index (Phi) is 3.57. The van der Waals surface area contributed by atoms with Gasteiger partial charge in [-0.15, -0.1) is 11.3 Å². The summed E-state index contributed by atoms with van der Waals surface area (Å²) in [5.74, 6) is 2.91. The Labute approximate surface area is 136 Å². The number of fused-ring (bicyclic) bond motifs is 3. The van der Waals surface area contributed by atoms with E-state index in [0.29, 0.717) is 0 Å². The summed E-state index contributed by atoms with van der Waals surface area (Å²) in [6.07, 6.45) is 3.72. The molecular formula is C17H24N4S. The number of hydrogen-bond donors (Lipinski definition) is 0. The molecule has 0 bridgehead atoms. The van der Waals surface area contributed by atoms with Crippen LogP contribution in [0.25, 0.3) is 10.2 Å². The Morgan fingerprint density at radius 1 is 1.14 bits per heavy atom. The fraction of sp³-hybridized carbons (Fsp3) is 0.647. The van der Waals surface area contributed by atoms with Gasteiger partial charge in [0.15, 0.2) is 0 Å². The minimum absolute atomic E-state index is 0.807. The van der Waals surface area contributed by atoms with Crippen molar-refractivity contribution in [3.8, 4) is 0 Å². The Bertz CT molecular complexity index is 700. The van der Waals surface area contributed by atoms with Crippen LogP contribution < -0.4 is 4.90 Å². The van der Waals surface area contributed by atoms with Crippen LogP contribution in [0.3, 0.4) is 0 Å². The monoisotopic (exact) mass is 316 g/mol. The third-order valence-electron chi connectivity index (χ3n) is 5.05. The normalized spacial score (nSPS) is 23.0. The highest BCUT2D eigenvalue weighted by Gasteiger charge is 2.26. The molecule has 3 heterocycles. The van der Waals surface area contributed by atoms with Crippen LogP contribution in [0, 0.1) is 12.8 Å². The van der Waals surface area contributed by atoms with Crippen LogP contribution in [0.15, 0.2) is 0 Å². The number of rotatable bonds is 1. The Hall–Kier alpha value is -1.20. The molecule has 4 rings (SSSR count). The molecule has 2 aliphatic rings. The molecule has 0 radical (unpaired) electrons. The molecule has 0 aromatic carbocycles. The lowest BCUT2D eigenvalue weighted by Gasteiger charge is -2.34. The summed E-state index contributed by atoms with van der Waals surface area (Å²) in [5, 5.41) is 1.36. The van der Waals surface area contributed by atoms with E-state index in [2.05, 4.69) is 23.8 Å². The summed E-state index contributed by atoms with van der Waals surface area (Å²) in [7, 11) is 2.20. The van der Waals surface area contributed by atoms with Crippen molar-refractivity contribution in [2.24, 2.45) is 5.92 Å². The number of aryl methyl sites for hydroxylation is 2. The number of thiophene rings is 1. The van der Waals surface area contributed by atoms with E-state index in [4.69, 9.17) is 9.97 Å². The molecular weight excluding hydrogens is 292 g/mol. The third kappa shape index (κ3) is 2.40. The standard InChI is InChI=1S/C17H24N4S/c1-11-4-5-13-14(10-11)22-17-15(13)16(18-12(2)19-17)21-8-6-20(3)7-9-21/h11H,4-10H2,1-3H3/t11-/m0/s1. The fourth-order valence-electron chi connectivity index (χ4n) is 3.67. The molecule has 0 saturated carbocycles. The summed E-state index contributed by atoms with van der Waals surface area (Å²) >= 11 is 1.91. The van der Waals surface area contributed by atoms with E-state index in [1.807, 2.05) is 18.3 Å². The number of anilines is 1. The number of piperazine rings is 1. The van der Waals surface area contributed by atoms with Crippen LogP contribution in [0.2, 0.25) is 0 Å². The van der Waals surface area contributed by atoms with Crippen LogP contribution >= 0.6 is 11.3 Å². The van der Waals surface area contributed by atoms with Crippen LogP contribution in [0.4, 0.5) is 5.82 Å². The van der Waals surface area contributed by atoms with E-state index in [0.717, 1.165) is 37.9 Å². The van der Waals surface area contributed by atoms with Gasteiger partial charge in [-0.25, -0.2) is 9.97 Å². The van der Waals surface area contributed by atoms with Crippen LogP contribution in [0.1, 0.15) is 29.6 Å². The lowest BCUT2D eigenvalue weighted by atomic mass is 9.89. The highest BCUT2D eigenvalue weighted by atomic mass is 32.1. The highest BCUT2D eigenvalue weighted by Crippen LogP contribution is 2.41. The van der Waals surface area contributed by atoms with Gasteiger partial charge in [0.1, 0.15) is 16.5 Å². The van der Waals surface area contributed by atoms with E-state index in [-0.39, 0.29) is 0 Å². The van der Waals surface area contributed by atoms with Gasteiger partial charge in [-0.2, -0.15) is 0 Å². The second-order valence-electron chi connectivity index (χ2n) is 6.92. The van der Waals surface area contributed by atoms with Gasteiger partial charge in [-0.05, 0) is 44.7 Å². The van der Waals surface area contributed by atoms with Crippen molar-refractivity contribution in [1.82, 2.24) is 14.9 Å². The summed E-state index contributed by atoms with van der Waals surface area (Å²) in [5.41, 5.74) is 1.55. The molecule has 0 spiro atoms. The molecule has 1 aliphatic carbocycles. The van der Waals surface area contributed by atoms with Crippen molar-refractivity contribution in [3.63, 3.8) is 0 Å². The topological polar surface area (TPSA) is 32.3 Å². The maximum absolute atomic E-state index is 4.85. The van der Waals surface area contributed by atoms with Crippen molar-refractivity contribution in [2.75, 3.05) is 38.1 Å². The van der Waals surface area contributed by atoms with Gasteiger partial charge in [-0.3, -0.25) is 0 Å². The first-order chi connectivity index (χ1) is 10.6. The average molecular weight is 316 g/mol. The van der Waals surface area contributed by atoms with Crippen LogP contribution in [-0.2, 0) is 12.8 Å². The first-order valence-corrected chi connectivity index (χ1v) is 9.16. The number of aromatic nitrogens is 2. The zero-order chi connectivity index (χ0) is 15.3. The predicted octanol–water partition coefficient (Wildman–Crippen LogP) is 2.88. The third-order valence-corrected chi connectivity index (χ3v) is 6.20. The molecule has 0 unspecified atom stereocenters. The Balaban J connectivity index is 1.83. The zero-order valence-electron chi connectivity index (χ0n) is 13.7. The fourth-order valence-corrected chi connectivity index (χ4v) is 5.10. The summed E-state index contributed by atoms with van der Waals surface area (Å²) in [4.78, 5) is 17.2. The molecule has 4 nitrogen and oxygen atoms in total. The van der Waals surface area contributed by atoms with Crippen molar-refractivity contribution in [2.45, 2.75) is 33.1 Å². The van der Waals surface area contributed by atoms with Crippen molar-refractivity contribution in [3.05, 3.63) is 16.3 Å². The van der Waals surface area contributed by atoms with E-state index in [1.54, 1.807) is 10.4 Å². The largest absolute Gasteiger partial charge is 0.353 e. The van der Waals surface area contributed by atoms with Gasteiger partial charge in [0.2, 0.25) is 0 Å². The lowest BCUT2D eigenvalue weighted by Crippen LogP contribution is -2.45. The number of nitrogens with zero attached hydrogens (tertiary/aromatic N) is 4. The predicted molar refractivity (Wildman–Crippen MR) is 93.1 cm³/mol. The minimum Gasteiger partial charge on any atom is -0.353 e. The number of hydrogen-bond acceptors (Lipinski definition) is 5. The minimum atomic E-state index is 0.807. The summed E-state index contributed by atoms with van der Waals surface area (Å²) in [6, 6.07) is 0. The average Bonchev–Trinajstić information content (AvgIpc) is 2.84. The first-order valence-electron chi connectivity index (χ1n) is 8.34. The smallest absolute Gasteiger partial charge is 0.141 e. The second-order valence-corrected chi connectivity index (χ2v) is 8.00. The van der Waals surface area contributed by atoms with E-state index in [1.165, 1.54) is 35.3 Å². The van der Waals surface area contributed by atoms with Crippen molar-refractivity contribution in [1.29, 1.82) is 0 Å². The SMILES string of the molecule is Cc1nc(N2CCN(C)CC2)c2c3c(sc2n1)C[C@@H](C)CC3. The van der Waals surface area contributed by atoms with Gasteiger partial charge < -0.3 is 9.80 Å². The quantitative estimate of drug-likeness (QED) is 0.810. The van der Waals surface area contributed by atoms with Gasteiger partial charge in [0, 0.05) is 31.1 Å². The maximum atomic E-state index is 4.85. The van der Waals surface area contributed by atoms with Crippen molar-refractivity contribution < 1.29 is 0 Å². The van der Waals surface area contributed by atoms with Crippen molar-refractivity contribution >= 4 is 27.4 Å². The molecule has 1 fully saturated rings. The molecule has 1 aliphatic heterocycles. The second kappa shape index (κ2) is 5.46. The molecule has 22 heavy (non-hydrogen) atoms. The Morgan fingerprint density at radius 3 is 2.68 bits per heavy atom. The molecule has 2 aromatic heterocycles. The lowest BCUT2D eigenvalue weighted by molar-refractivity contribution is 0.312. The summed E-state index contributed by atoms with van der Waals surface area (Å²) in [6.45, 7) is 8.78. The Morgan fingerprint density at radius 2 is 1.91 bits per heavy atom. The molecule has 1 saturated heterocycles. The van der Waals surface area contributed by atoms with Crippen LogP contribution in [0.5, 0.6) is 0 Å². The first kappa shape index (κ1) is 14.4. The zero-order valence-corrected chi connectivity index (χ0v) is 14.5. The van der Waals surface area contributed by atoms with Crippen LogP contribution in [-0.4, -0.2) is 48.1 Å². The van der Waals surface area contributed by atoms with E-state index in [9.17, 15) is 0 Å². The van der Waals surface area contributed by atoms with Gasteiger partial charge >= 0.3 is 0 Å². The maximum Gasteiger partial charge on any atom is 0.141 e. The van der Waals surface area contributed by atoms with Gasteiger partial charge in [0.05, 0.1) is 5.39 Å².